The number of nitrogens with zero attached hydrogens (tertiary/aromatic N) is 4. The van der Waals surface area contributed by atoms with Crippen LogP contribution in [-0.2, 0) is 0 Å². The number of nitro groups is 1. The number of anilines is 1. The second-order valence-corrected chi connectivity index (χ2v) is 3.38. The molecule has 0 spiro atoms. The summed E-state index contributed by atoms with van der Waals surface area (Å²) in [5.41, 5.74) is 5.28. The second kappa shape index (κ2) is 3.78. The third-order valence-corrected chi connectivity index (χ3v) is 2.04. The Bertz CT molecular complexity index is 553. The SMILES string of the molecule is Nc1ccc([N+](=O)[O-])c(-n2cc(Cl)cn2)n1. The van der Waals surface area contributed by atoms with Crippen LogP contribution in [0.3, 0.4) is 0 Å². The highest BCUT2D eigenvalue weighted by atomic mass is 35.5. The van der Waals surface area contributed by atoms with Crippen molar-refractivity contribution in [1.82, 2.24) is 14.8 Å². The van der Waals surface area contributed by atoms with Crippen LogP contribution >= 0.6 is 11.6 Å². The zero-order valence-electron chi connectivity index (χ0n) is 7.87. The molecule has 0 bridgehead atoms. The molecule has 7 nitrogen and oxygen atoms in total. The monoisotopic (exact) mass is 239 g/mol. The summed E-state index contributed by atoms with van der Waals surface area (Å²) < 4.78 is 1.21. The zero-order chi connectivity index (χ0) is 11.7. The minimum atomic E-state index is -0.558. The molecule has 0 aromatic carbocycles. The molecule has 2 rings (SSSR count). The van der Waals surface area contributed by atoms with Gasteiger partial charge in [0.2, 0.25) is 5.82 Å². The van der Waals surface area contributed by atoms with Gasteiger partial charge in [0.05, 0.1) is 22.3 Å². The molecule has 0 saturated carbocycles. The van der Waals surface area contributed by atoms with Gasteiger partial charge in [0, 0.05) is 6.07 Å². The zero-order valence-corrected chi connectivity index (χ0v) is 8.63. The van der Waals surface area contributed by atoms with E-state index < -0.39 is 4.92 Å². The Morgan fingerprint density at radius 3 is 2.81 bits per heavy atom. The largest absolute Gasteiger partial charge is 0.384 e. The number of nitrogen functional groups attached to an aromatic ring is 1. The van der Waals surface area contributed by atoms with Crippen LogP contribution in [0.1, 0.15) is 0 Å². The van der Waals surface area contributed by atoms with E-state index in [-0.39, 0.29) is 17.3 Å². The molecular formula is C8H6ClN5O2. The molecule has 2 aromatic heterocycles. The Hall–Kier alpha value is -2.15. The molecule has 16 heavy (non-hydrogen) atoms. The Balaban J connectivity index is 2.62. The van der Waals surface area contributed by atoms with Crippen LogP contribution in [0, 0.1) is 10.1 Å². The third-order valence-electron chi connectivity index (χ3n) is 1.84. The van der Waals surface area contributed by atoms with Crippen molar-refractivity contribution in [2.45, 2.75) is 0 Å². The van der Waals surface area contributed by atoms with E-state index in [0.717, 1.165) is 0 Å². The van der Waals surface area contributed by atoms with Crippen LogP contribution in [0.4, 0.5) is 11.5 Å². The quantitative estimate of drug-likeness (QED) is 0.631. The number of hydrogen-bond donors (Lipinski definition) is 1. The molecule has 82 valence electrons. The number of hydrogen-bond acceptors (Lipinski definition) is 5. The van der Waals surface area contributed by atoms with E-state index in [1.54, 1.807) is 0 Å². The number of aromatic nitrogens is 3. The van der Waals surface area contributed by atoms with E-state index in [4.69, 9.17) is 17.3 Å². The summed E-state index contributed by atoms with van der Waals surface area (Å²) in [5, 5.41) is 15.0. The lowest BCUT2D eigenvalue weighted by molar-refractivity contribution is -0.384. The van der Waals surface area contributed by atoms with Crippen molar-refractivity contribution >= 4 is 23.1 Å². The smallest absolute Gasteiger partial charge is 0.313 e. The van der Waals surface area contributed by atoms with Gasteiger partial charge in [0.15, 0.2) is 0 Å². The molecule has 8 heteroatoms. The van der Waals surface area contributed by atoms with Crippen molar-refractivity contribution in [1.29, 1.82) is 0 Å². The molecule has 0 aliphatic heterocycles. The van der Waals surface area contributed by atoms with Gasteiger partial charge in [-0.1, -0.05) is 11.6 Å². The fraction of sp³-hybridized carbons (Fsp3) is 0. The van der Waals surface area contributed by atoms with Crippen molar-refractivity contribution in [3.63, 3.8) is 0 Å². The molecule has 0 aliphatic carbocycles. The van der Waals surface area contributed by atoms with Crippen LogP contribution in [0.25, 0.3) is 5.82 Å². The molecule has 0 atom stereocenters. The van der Waals surface area contributed by atoms with E-state index in [1.807, 2.05) is 0 Å². The number of rotatable bonds is 2. The van der Waals surface area contributed by atoms with Gasteiger partial charge in [-0.2, -0.15) is 5.10 Å². The van der Waals surface area contributed by atoms with E-state index in [2.05, 4.69) is 10.1 Å². The number of halogens is 1. The van der Waals surface area contributed by atoms with Crippen molar-refractivity contribution in [3.8, 4) is 5.82 Å². The van der Waals surface area contributed by atoms with Gasteiger partial charge in [-0.3, -0.25) is 10.1 Å². The van der Waals surface area contributed by atoms with Crippen molar-refractivity contribution < 1.29 is 4.92 Å². The number of nitrogens with two attached hydrogens (primary N) is 1. The molecule has 2 heterocycles. The first-order chi connectivity index (χ1) is 7.58. The molecule has 2 N–H and O–H groups in total. The molecule has 0 amide bonds. The van der Waals surface area contributed by atoms with Crippen molar-refractivity contribution in [2.24, 2.45) is 0 Å². The van der Waals surface area contributed by atoms with Gasteiger partial charge >= 0.3 is 5.69 Å². The molecule has 0 aliphatic rings. The van der Waals surface area contributed by atoms with Crippen molar-refractivity contribution in [3.05, 3.63) is 39.7 Å². The molecule has 0 saturated heterocycles. The third kappa shape index (κ3) is 1.80. The second-order valence-electron chi connectivity index (χ2n) is 2.94. The van der Waals surface area contributed by atoms with E-state index in [1.165, 1.54) is 29.2 Å². The maximum Gasteiger partial charge on any atom is 0.313 e. The van der Waals surface area contributed by atoms with Gasteiger partial charge in [0.1, 0.15) is 5.82 Å². The van der Waals surface area contributed by atoms with E-state index in [0.29, 0.717) is 5.02 Å². The normalized spacial score (nSPS) is 10.3. The summed E-state index contributed by atoms with van der Waals surface area (Å²) in [6, 6.07) is 2.62. The topological polar surface area (TPSA) is 99.9 Å². The Labute approximate surface area is 94.6 Å². The lowest BCUT2D eigenvalue weighted by Gasteiger charge is -2.02. The average Bonchev–Trinajstić information content (AvgIpc) is 2.64. The minimum Gasteiger partial charge on any atom is -0.384 e. The Morgan fingerprint density at radius 2 is 2.25 bits per heavy atom. The summed E-state index contributed by atoms with van der Waals surface area (Å²) in [6.07, 6.45) is 2.77. The Morgan fingerprint density at radius 1 is 1.50 bits per heavy atom. The summed E-state index contributed by atoms with van der Waals surface area (Å²) in [7, 11) is 0. The predicted molar refractivity (Wildman–Crippen MR) is 57.4 cm³/mol. The van der Waals surface area contributed by atoms with E-state index in [9.17, 15) is 10.1 Å². The summed E-state index contributed by atoms with van der Waals surface area (Å²) in [4.78, 5) is 14.1. The van der Waals surface area contributed by atoms with Crippen molar-refractivity contribution in [2.75, 3.05) is 5.73 Å². The van der Waals surface area contributed by atoms with Crippen LogP contribution < -0.4 is 5.73 Å². The van der Waals surface area contributed by atoms with Crippen LogP contribution in [0.2, 0.25) is 5.02 Å². The lowest BCUT2D eigenvalue weighted by atomic mass is 10.4. The first-order valence-corrected chi connectivity index (χ1v) is 4.57. The highest BCUT2D eigenvalue weighted by Gasteiger charge is 2.17. The van der Waals surface area contributed by atoms with Crippen LogP contribution in [0.15, 0.2) is 24.5 Å². The average molecular weight is 240 g/mol. The first kappa shape index (κ1) is 10.4. The molecular weight excluding hydrogens is 234 g/mol. The molecule has 0 radical (unpaired) electrons. The molecule has 0 fully saturated rings. The summed E-state index contributed by atoms with van der Waals surface area (Å²) >= 11 is 5.67. The molecule has 0 unspecified atom stereocenters. The minimum absolute atomic E-state index is 0.0388. The lowest BCUT2D eigenvalue weighted by Crippen LogP contribution is -2.05. The maximum absolute atomic E-state index is 10.8. The van der Waals surface area contributed by atoms with Gasteiger partial charge in [-0.05, 0) is 6.07 Å². The van der Waals surface area contributed by atoms with Gasteiger partial charge in [0.25, 0.3) is 0 Å². The first-order valence-electron chi connectivity index (χ1n) is 4.19. The standard InChI is InChI=1S/C8H6ClN5O2/c9-5-3-11-13(4-5)8-6(14(15)16)1-2-7(10)12-8/h1-4H,(H2,10,12). The highest BCUT2D eigenvalue weighted by Crippen LogP contribution is 2.22. The van der Waals surface area contributed by atoms with Crippen LogP contribution in [-0.4, -0.2) is 19.7 Å². The van der Waals surface area contributed by atoms with Gasteiger partial charge in [-0.15, -0.1) is 0 Å². The Kier molecular flexibility index (Phi) is 2.45. The summed E-state index contributed by atoms with van der Waals surface area (Å²) in [5.74, 6) is 0.212. The summed E-state index contributed by atoms with van der Waals surface area (Å²) in [6.45, 7) is 0. The van der Waals surface area contributed by atoms with Gasteiger partial charge < -0.3 is 5.73 Å². The van der Waals surface area contributed by atoms with Crippen LogP contribution in [0.5, 0.6) is 0 Å². The fourth-order valence-electron chi connectivity index (χ4n) is 1.18. The predicted octanol–water partition coefficient (Wildman–Crippen LogP) is 1.41. The number of pyridine rings is 1. The highest BCUT2D eigenvalue weighted by molar-refractivity contribution is 6.30. The molecule has 2 aromatic rings. The van der Waals surface area contributed by atoms with E-state index >= 15 is 0 Å². The van der Waals surface area contributed by atoms with Gasteiger partial charge in [-0.25, -0.2) is 9.67 Å². The fourth-order valence-corrected chi connectivity index (χ4v) is 1.32. The maximum atomic E-state index is 10.8.